The van der Waals surface area contributed by atoms with Gasteiger partial charge in [0, 0.05) is 6.54 Å². The second kappa shape index (κ2) is 6.85. The van der Waals surface area contributed by atoms with E-state index in [1.54, 1.807) is 12.1 Å². The number of nitrogens with one attached hydrogen (secondary N) is 1. The Labute approximate surface area is 131 Å². The summed E-state index contributed by atoms with van der Waals surface area (Å²) in [5, 5.41) is 3.25. The van der Waals surface area contributed by atoms with Gasteiger partial charge in [-0.1, -0.05) is 6.92 Å². The molecule has 0 unspecified atom stereocenters. The fourth-order valence-electron chi connectivity index (χ4n) is 1.77. The number of halogens is 2. The first kappa shape index (κ1) is 15.7. The molecule has 0 saturated heterocycles. The first-order valence-corrected chi connectivity index (χ1v) is 7.52. The fourth-order valence-corrected chi connectivity index (χ4v) is 2.13. The number of hydrogen-bond donors (Lipinski definition) is 1. The van der Waals surface area contributed by atoms with Gasteiger partial charge < -0.3 is 10.1 Å². The molecule has 112 valence electrons. The van der Waals surface area contributed by atoms with Gasteiger partial charge in [0.1, 0.15) is 23.2 Å². The summed E-state index contributed by atoms with van der Waals surface area (Å²) in [6.45, 7) is 6.62. The number of hydrogen-bond acceptors (Lipinski definition) is 4. The topological polar surface area (TPSA) is 47.0 Å². The molecule has 0 saturated carbocycles. The molecule has 0 aliphatic rings. The Morgan fingerprint density at radius 2 is 2.05 bits per heavy atom. The predicted octanol–water partition coefficient (Wildman–Crippen LogP) is 4.61. The van der Waals surface area contributed by atoms with Crippen LogP contribution in [0.2, 0.25) is 0 Å². The SMILES string of the molecule is CCCNc1nc(C)nc(Oc2ccc(F)c(Br)c2)c1C. The van der Waals surface area contributed by atoms with Gasteiger partial charge in [0.05, 0.1) is 10.0 Å². The largest absolute Gasteiger partial charge is 0.439 e. The molecule has 0 aliphatic heterocycles. The Morgan fingerprint density at radius 3 is 2.71 bits per heavy atom. The summed E-state index contributed by atoms with van der Waals surface area (Å²) < 4.78 is 19.4. The van der Waals surface area contributed by atoms with Crippen LogP contribution in [0.15, 0.2) is 22.7 Å². The third-order valence-corrected chi connectivity index (χ3v) is 3.47. The van der Waals surface area contributed by atoms with Crippen LogP contribution in [0.1, 0.15) is 24.7 Å². The van der Waals surface area contributed by atoms with Crippen LogP contribution < -0.4 is 10.1 Å². The summed E-state index contributed by atoms with van der Waals surface area (Å²) in [6, 6.07) is 4.49. The van der Waals surface area contributed by atoms with Gasteiger partial charge >= 0.3 is 0 Å². The Bertz CT molecular complexity index is 649. The average molecular weight is 354 g/mol. The van der Waals surface area contributed by atoms with Gasteiger partial charge in [0.15, 0.2) is 0 Å². The van der Waals surface area contributed by atoms with Gasteiger partial charge in [-0.3, -0.25) is 0 Å². The third kappa shape index (κ3) is 3.91. The van der Waals surface area contributed by atoms with E-state index in [4.69, 9.17) is 4.74 Å². The summed E-state index contributed by atoms with van der Waals surface area (Å²) in [4.78, 5) is 8.68. The maximum Gasteiger partial charge on any atom is 0.227 e. The number of anilines is 1. The first-order valence-electron chi connectivity index (χ1n) is 6.73. The zero-order valence-corrected chi connectivity index (χ0v) is 13.8. The zero-order chi connectivity index (χ0) is 15.4. The molecule has 0 atom stereocenters. The van der Waals surface area contributed by atoms with Gasteiger partial charge in [0.2, 0.25) is 5.88 Å². The van der Waals surface area contributed by atoms with Gasteiger partial charge in [-0.25, -0.2) is 9.37 Å². The van der Waals surface area contributed by atoms with Crippen molar-refractivity contribution in [2.24, 2.45) is 0 Å². The Kier molecular flexibility index (Phi) is 5.12. The third-order valence-electron chi connectivity index (χ3n) is 2.86. The predicted molar refractivity (Wildman–Crippen MR) is 84.5 cm³/mol. The van der Waals surface area contributed by atoms with E-state index in [0.29, 0.717) is 21.9 Å². The Balaban J connectivity index is 2.30. The molecule has 4 nitrogen and oxygen atoms in total. The monoisotopic (exact) mass is 353 g/mol. The standard InChI is InChI=1S/C15H17BrFN3O/c1-4-7-18-14-9(2)15(20-10(3)19-14)21-11-5-6-13(17)12(16)8-11/h5-6,8H,4,7H2,1-3H3,(H,18,19,20). The molecule has 6 heteroatoms. The zero-order valence-electron chi connectivity index (χ0n) is 12.2. The molecule has 1 N–H and O–H groups in total. The molecular formula is C15H17BrFN3O. The number of rotatable bonds is 5. The second-order valence-corrected chi connectivity index (χ2v) is 5.51. The number of aromatic nitrogens is 2. The van der Waals surface area contributed by atoms with E-state index in [1.807, 2.05) is 13.8 Å². The van der Waals surface area contributed by atoms with Crippen LogP contribution >= 0.6 is 15.9 Å². The van der Waals surface area contributed by atoms with E-state index in [9.17, 15) is 4.39 Å². The van der Waals surface area contributed by atoms with Crippen molar-refractivity contribution >= 4 is 21.7 Å². The van der Waals surface area contributed by atoms with Crippen molar-refractivity contribution in [3.05, 3.63) is 39.9 Å². The highest BCUT2D eigenvalue weighted by molar-refractivity contribution is 9.10. The van der Waals surface area contributed by atoms with Crippen molar-refractivity contribution in [1.29, 1.82) is 0 Å². The molecule has 0 aliphatic carbocycles. The van der Waals surface area contributed by atoms with E-state index in [-0.39, 0.29) is 5.82 Å². The summed E-state index contributed by atoms with van der Waals surface area (Å²) in [5.41, 5.74) is 0.828. The minimum atomic E-state index is -0.330. The maximum atomic E-state index is 13.2. The first-order chi connectivity index (χ1) is 10.0. The molecule has 0 radical (unpaired) electrons. The minimum absolute atomic E-state index is 0.330. The van der Waals surface area contributed by atoms with Crippen LogP contribution in [0.25, 0.3) is 0 Å². The highest BCUT2D eigenvalue weighted by atomic mass is 79.9. The highest BCUT2D eigenvalue weighted by Gasteiger charge is 2.12. The van der Waals surface area contributed by atoms with Crippen molar-refractivity contribution in [3.63, 3.8) is 0 Å². The van der Waals surface area contributed by atoms with Crippen LogP contribution in [0, 0.1) is 19.7 Å². The summed E-state index contributed by atoms with van der Waals surface area (Å²) >= 11 is 3.14. The quantitative estimate of drug-likeness (QED) is 0.852. The lowest BCUT2D eigenvalue weighted by Crippen LogP contribution is -2.07. The Morgan fingerprint density at radius 1 is 1.29 bits per heavy atom. The molecule has 0 bridgehead atoms. The minimum Gasteiger partial charge on any atom is -0.439 e. The summed E-state index contributed by atoms with van der Waals surface area (Å²) in [5.74, 6) is 2.05. The molecule has 21 heavy (non-hydrogen) atoms. The molecule has 2 rings (SSSR count). The lowest BCUT2D eigenvalue weighted by molar-refractivity contribution is 0.454. The molecule has 1 heterocycles. The number of aryl methyl sites for hydroxylation is 1. The smallest absolute Gasteiger partial charge is 0.227 e. The van der Waals surface area contributed by atoms with Crippen molar-refractivity contribution < 1.29 is 9.13 Å². The van der Waals surface area contributed by atoms with E-state index in [0.717, 1.165) is 24.3 Å². The van der Waals surface area contributed by atoms with Crippen molar-refractivity contribution in [3.8, 4) is 11.6 Å². The van der Waals surface area contributed by atoms with Crippen molar-refractivity contribution in [2.75, 3.05) is 11.9 Å². The van der Waals surface area contributed by atoms with E-state index in [2.05, 4.69) is 38.1 Å². The van der Waals surface area contributed by atoms with Crippen LogP contribution in [-0.2, 0) is 0 Å². The fraction of sp³-hybridized carbons (Fsp3) is 0.333. The highest BCUT2D eigenvalue weighted by Crippen LogP contribution is 2.29. The summed E-state index contributed by atoms with van der Waals surface area (Å²) in [6.07, 6.45) is 1.00. The molecule has 0 amide bonds. The number of nitrogens with zero attached hydrogens (tertiary/aromatic N) is 2. The van der Waals surface area contributed by atoms with Crippen LogP contribution in [0.4, 0.5) is 10.2 Å². The van der Waals surface area contributed by atoms with Gasteiger partial charge in [-0.15, -0.1) is 0 Å². The van der Waals surface area contributed by atoms with Crippen LogP contribution in [-0.4, -0.2) is 16.5 Å². The molecule has 1 aromatic carbocycles. The average Bonchev–Trinajstić information content (AvgIpc) is 2.45. The number of ether oxygens (including phenoxy) is 1. The van der Waals surface area contributed by atoms with Crippen LogP contribution in [0.5, 0.6) is 11.6 Å². The second-order valence-electron chi connectivity index (χ2n) is 4.65. The van der Waals surface area contributed by atoms with Gasteiger partial charge in [-0.05, 0) is 54.4 Å². The van der Waals surface area contributed by atoms with Crippen molar-refractivity contribution in [1.82, 2.24) is 9.97 Å². The lowest BCUT2D eigenvalue weighted by atomic mass is 10.3. The van der Waals surface area contributed by atoms with Crippen LogP contribution in [0.3, 0.4) is 0 Å². The molecular weight excluding hydrogens is 337 g/mol. The van der Waals surface area contributed by atoms with Gasteiger partial charge in [-0.2, -0.15) is 4.98 Å². The molecule has 0 spiro atoms. The van der Waals surface area contributed by atoms with Gasteiger partial charge in [0.25, 0.3) is 0 Å². The molecule has 2 aromatic rings. The Hall–Kier alpha value is -1.69. The molecule has 0 fully saturated rings. The van der Waals surface area contributed by atoms with E-state index < -0.39 is 0 Å². The molecule has 1 aromatic heterocycles. The lowest BCUT2D eigenvalue weighted by Gasteiger charge is -2.13. The number of benzene rings is 1. The van der Waals surface area contributed by atoms with E-state index >= 15 is 0 Å². The normalized spacial score (nSPS) is 10.5. The van der Waals surface area contributed by atoms with E-state index in [1.165, 1.54) is 6.07 Å². The maximum absolute atomic E-state index is 13.2. The summed E-state index contributed by atoms with van der Waals surface area (Å²) in [7, 11) is 0. The van der Waals surface area contributed by atoms with Crippen molar-refractivity contribution in [2.45, 2.75) is 27.2 Å².